The van der Waals surface area contributed by atoms with Gasteiger partial charge >= 0.3 is 0 Å². The van der Waals surface area contributed by atoms with Gasteiger partial charge in [0.1, 0.15) is 0 Å². The van der Waals surface area contributed by atoms with Crippen molar-refractivity contribution in [2.24, 2.45) is 18.7 Å². The molecule has 1 heterocycles. The summed E-state index contributed by atoms with van der Waals surface area (Å²) in [6.07, 6.45) is 6.16. The van der Waals surface area contributed by atoms with Gasteiger partial charge in [-0.1, -0.05) is 13.3 Å². The average molecular weight is 250 g/mol. The highest BCUT2D eigenvalue weighted by atomic mass is 15.3. The van der Waals surface area contributed by atoms with Crippen LogP contribution in [0, 0.1) is 12.8 Å². The quantitative estimate of drug-likeness (QED) is 0.838. The van der Waals surface area contributed by atoms with E-state index in [2.05, 4.69) is 23.8 Å². The number of nitrogens with two attached hydrogens (primary N) is 1. The maximum Gasteiger partial charge on any atom is 0.0540 e. The molecule has 0 spiro atoms. The summed E-state index contributed by atoms with van der Waals surface area (Å²) in [6.45, 7) is 7.28. The molecule has 1 aliphatic carbocycles. The average Bonchev–Trinajstić information content (AvgIpc) is 2.64. The van der Waals surface area contributed by atoms with Crippen LogP contribution >= 0.6 is 0 Å². The lowest BCUT2D eigenvalue weighted by Gasteiger charge is -2.36. The summed E-state index contributed by atoms with van der Waals surface area (Å²) in [4.78, 5) is 2.52. The van der Waals surface area contributed by atoms with E-state index in [0.29, 0.717) is 12.6 Å². The molecule has 0 aromatic carbocycles. The van der Waals surface area contributed by atoms with Crippen molar-refractivity contribution in [3.05, 3.63) is 17.5 Å². The highest BCUT2D eigenvalue weighted by molar-refractivity contribution is 5.21. The van der Waals surface area contributed by atoms with Crippen molar-refractivity contribution in [1.82, 2.24) is 14.7 Å². The molecule has 0 saturated heterocycles. The van der Waals surface area contributed by atoms with Crippen molar-refractivity contribution in [1.29, 1.82) is 0 Å². The molecule has 4 heteroatoms. The highest BCUT2D eigenvalue weighted by Crippen LogP contribution is 2.30. The van der Waals surface area contributed by atoms with Gasteiger partial charge in [0.15, 0.2) is 0 Å². The number of likely N-dealkylation sites (N-methyl/N-ethyl adjacent to an activating group) is 1. The molecule has 0 aliphatic heterocycles. The standard InChI is InChI=1S/C14H26N4/c1-4-18(10-12-6-5-7-12)14(8-15)13-9-16-17(3)11(13)2/h9,12,14H,4-8,10,15H2,1-3H3. The van der Waals surface area contributed by atoms with Gasteiger partial charge in [-0.2, -0.15) is 5.10 Å². The van der Waals surface area contributed by atoms with Gasteiger partial charge in [0.25, 0.3) is 0 Å². The first-order chi connectivity index (χ1) is 8.67. The summed E-state index contributed by atoms with van der Waals surface area (Å²) in [6, 6.07) is 0.323. The fraction of sp³-hybridized carbons (Fsp3) is 0.786. The van der Waals surface area contributed by atoms with E-state index in [0.717, 1.165) is 12.5 Å². The van der Waals surface area contributed by atoms with Gasteiger partial charge in [0.2, 0.25) is 0 Å². The Morgan fingerprint density at radius 1 is 1.56 bits per heavy atom. The molecule has 0 radical (unpaired) electrons. The lowest BCUT2D eigenvalue weighted by atomic mass is 9.84. The van der Waals surface area contributed by atoms with Crippen molar-refractivity contribution < 1.29 is 0 Å². The third-order valence-electron chi connectivity index (χ3n) is 4.42. The van der Waals surface area contributed by atoms with E-state index >= 15 is 0 Å². The molecule has 2 N–H and O–H groups in total. The molecule has 1 aromatic heterocycles. The minimum Gasteiger partial charge on any atom is -0.329 e. The fourth-order valence-corrected chi connectivity index (χ4v) is 2.80. The largest absolute Gasteiger partial charge is 0.329 e. The molecule has 1 aliphatic rings. The number of aryl methyl sites for hydroxylation is 1. The van der Waals surface area contributed by atoms with E-state index in [1.807, 2.05) is 17.9 Å². The Morgan fingerprint density at radius 2 is 2.28 bits per heavy atom. The topological polar surface area (TPSA) is 47.1 Å². The number of hydrogen-bond donors (Lipinski definition) is 1. The van der Waals surface area contributed by atoms with Crippen molar-refractivity contribution in [2.45, 2.75) is 39.2 Å². The lowest BCUT2D eigenvalue weighted by molar-refractivity contribution is 0.141. The first kappa shape index (κ1) is 13.6. The van der Waals surface area contributed by atoms with Crippen molar-refractivity contribution in [3.8, 4) is 0 Å². The number of aromatic nitrogens is 2. The molecule has 1 unspecified atom stereocenters. The zero-order valence-corrected chi connectivity index (χ0v) is 11.9. The monoisotopic (exact) mass is 250 g/mol. The predicted octanol–water partition coefficient (Wildman–Crippen LogP) is 1.85. The maximum absolute atomic E-state index is 6.02. The van der Waals surface area contributed by atoms with Crippen LogP contribution in [0.15, 0.2) is 6.20 Å². The van der Waals surface area contributed by atoms with Crippen molar-refractivity contribution in [2.75, 3.05) is 19.6 Å². The molecule has 2 rings (SSSR count). The van der Waals surface area contributed by atoms with Crippen LogP contribution in [0.4, 0.5) is 0 Å². The molecule has 0 bridgehead atoms. The molecule has 4 nitrogen and oxygen atoms in total. The summed E-state index contributed by atoms with van der Waals surface area (Å²) in [7, 11) is 1.99. The molecule has 0 amide bonds. The summed E-state index contributed by atoms with van der Waals surface area (Å²) >= 11 is 0. The Balaban J connectivity index is 2.11. The normalized spacial score (nSPS) is 18.1. The Hall–Kier alpha value is -0.870. The number of rotatable bonds is 6. The molecular formula is C14H26N4. The molecule has 1 saturated carbocycles. The second kappa shape index (κ2) is 5.85. The van der Waals surface area contributed by atoms with E-state index in [1.165, 1.54) is 37.1 Å². The van der Waals surface area contributed by atoms with E-state index in [1.54, 1.807) is 0 Å². The van der Waals surface area contributed by atoms with E-state index in [9.17, 15) is 0 Å². The van der Waals surface area contributed by atoms with Crippen LogP contribution in [0.1, 0.15) is 43.5 Å². The maximum atomic E-state index is 6.02. The Morgan fingerprint density at radius 3 is 2.67 bits per heavy atom. The molecule has 102 valence electrons. The number of nitrogens with zero attached hydrogens (tertiary/aromatic N) is 3. The van der Waals surface area contributed by atoms with Crippen LogP contribution in [-0.2, 0) is 7.05 Å². The van der Waals surface area contributed by atoms with E-state index in [-0.39, 0.29) is 0 Å². The highest BCUT2D eigenvalue weighted by Gasteiger charge is 2.26. The van der Waals surface area contributed by atoms with Gasteiger partial charge < -0.3 is 5.73 Å². The van der Waals surface area contributed by atoms with Crippen LogP contribution in [0.25, 0.3) is 0 Å². The summed E-state index contributed by atoms with van der Waals surface area (Å²) in [5, 5.41) is 4.35. The first-order valence-corrected chi connectivity index (χ1v) is 7.10. The predicted molar refractivity (Wildman–Crippen MR) is 74.3 cm³/mol. The third-order valence-corrected chi connectivity index (χ3v) is 4.42. The lowest BCUT2D eigenvalue weighted by Crippen LogP contribution is -2.39. The van der Waals surface area contributed by atoms with Gasteiger partial charge in [-0.15, -0.1) is 0 Å². The fourth-order valence-electron chi connectivity index (χ4n) is 2.80. The number of hydrogen-bond acceptors (Lipinski definition) is 3. The van der Waals surface area contributed by atoms with Gasteiger partial charge in [-0.3, -0.25) is 9.58 Å². The van der Waals surface area contributed by atoms with Gasteiger partial charge in [0, 0.05) is 31.4 Å². The smallest absolute Gasteiger partial charge is 0.0540 e. The van der Waals surface area contributed by atoms with E-state index in [4.69, 9.17) is 5.73 Å². The SMILES string of the molecule is CCN(CC1CCC1)C(CN)c1cnn(C)c1C. The zero-order chi connectivity index (χ0) is 13.1. The minimum absolute atomic E-state index is 0.323. The van der Waals surface area contributed by atoms with Crippen LogP contribution in [-0.4, -0.2) is 34.3 Å². The second-order valence-electron chi connectivity index (χ2n) is 5.44. The molecule has 1 fully saturated rings. The summed E-state index contributed by atoms with van der Waals surface area (Å²) in [5.41, 5.74) is 8.54. The molecule has 1 aromatic rings. The van der Waals surface area contributed by atoms with Crippen LogP contribution in [0.3, 0.4) is 0 Å². The van der Waals surface area contributed by atoms with Crippen molar-refractivity contribution >= 4 is 0 Å². The third kappa shape index (κ3) is 2.59. The minimum atomic E-state index is 0.323. The molecular weight excluding hydrogens is 224 g/mol. The van der Waals surface area contributed by atoms with Gasteiger partial charge in [-0.05, 0) is 32.2 Å². The van der Waals surface area contributed by atoms with Crippen molar-refractivity contribution in [3.63, 3.8) is 0 Å². The Labute approximate surface area is 110 Å². The zero-order valence-electron chi connectivity index (χ0n) is 11.9. The van der Waals surface area contributed by atoms with E-state index < -0.39 is 0 Å². The molecule has 1 atom stereocenters. The molecule has 18 heavy (non-hydrogen) atoms. The van der Waals surface area contributed by atoms with Crippen LogP contribution in [0.5, 0.6) is 0 Å². The van der Waals surface area contributed by atoms with Crippen LogP contribution < -0.4 is 5.73 Å². The Kier molecular flexibility index (Phi) is 4.40. The summed E-state index contributed by atoms with van der Waals surface area (Å²) < 4.78 is 1.94. The van der Waals surface area contributed by atoms with Crippen LogP contribution in [0.2, 0.25) is 0 Å². The van der Waals surface area contributed by atoms with Gasteiger partial charge in [0.05, 0.1) is 12.2 Å². The first-order valence-electron chi connectivity index (χ1n) is 7.10. The van der Waals surface area contributed by atoms with Gasteiger partial charge in [-0.25, -0.2) is 0 Å². The summed E-state index contributed by atoms with van der Waals surface area (Å²) in [5.74, 6) is 0.885. The second-order valence-corrected chi connectivity index (χ2v) is 5.44. The Bertz CT molecular complexity index is 381.